The number of nitrogens with two attached hydrogens (primary N) is 2. The zero-order valence-corrected chi connectivity index (χ0v) is 20.1. The third-order valence-corrected chi connectivity index (χ3v) is 5.06. The zero-order valence-electron chi connectivity index (χ0n) is 20.1. The number of carbonyl (C=O) groups excluding carboxylic acids is 4. The second kappa shape index (κ2) is 14.0. The van der Waals surface area contributed by atoms with E-state index in [1.165, 1.54) is 6.92 Å². The van der Waals surface area contributed by atoms with Gasteiger partial charge >= 0.3 is 5.97 Å². The number of carbonyl (C=O) groups is 5. The van der Waals surface area contributed by atoms with Crippen molar-refractivity contribution < 1.29 is 34.2 Å². The van der Waals surface area contributed by atoms with Crippen molar-refractivity contribution in [2.24, 2.45) is 17.4 Å². The molecule has 5 unspecified atom stereocenters. The van der Waals surface area contributed by atoms with E-state index in [-0.39, 0.29) is 18.8 Å². The lowest BCUT2D eigenvalue weighted by molar-refractivity contribution is -0.144. The highest BCUT2D eigenvalue weighted by Gasteiger charge is 2.33. The van der Waals surface area contributed by atoms with Gasteiger partial charge in [0.1, 0.15) is 18.1 Å². The van der Waals surface area contributed by atoms with Gasteiger partial charge < -0.3 is 37.6 Å². The van der Waals surface area contributed by atoms with Crippen molar-refractivity contribution >= 4 is 29.6 Å². The highest BCUT2D eigenvalue weighted by Crippen LogP contribution is 2.08. The molecule has 4 amide bonds. The summed E-state index contributed by atoms with van der Waals surface area (Å²) in [4.78, 5) is 60.7. The van der Waals surface area contributed by atoms with Crippen molar-refractivity contribution in [1.29, 1.82) is 0 Å². The predicted octanol–water partition coefficient (Wildman–Crippen LogP) is -1.60. The van der Waals surface area contributed by atoms with Gasteiger partial charge in [-0.15, -0.1) is 0 Å². The van der Waals surface area contributed by atoms with E-state index in [4.69, 9.17) is 11.5 Å². The quantitative estimate of drug-likeness (QED) is 0.160. The molecule has 0 saturated carbocycles. The van der Waals surface area contributed by atoms with Crippen LogP contribution in [0.2, 0.25) is 0 Å². The maximum Gasteiger partial charge on any atom is 0.326 e. The summed E-state index contributed by atoms with van der Waals surface area (Å²) in [5.41, 5.74) is 11.8. The molecule has 12 heteroatoms. The molecule has 12 nitrogen and oxygen atoms in total. The normalized spacial score (nSPS) is 15.3. The van der Waals surface area contributed by atoms with E-state index in [1.54, 1.807) is 38.1 Å². The van der Waals surface area contributed by atoms with Crippen molar-refractivity contribution in [3.63, 3.8) is 0 Å². The molecular formula is C23H35N5O7. The first-order valence-corrected chi connectivity index (χ1v) is 11.2. The molecule has 0 bridgehead atoms. The van der Waals surface area contributed by atoms with Crippen molar-refractivity contribution in [3.05, 3.63) is 35.9 Å². The summed E-state index contributed by atoms with van der Waals surface area (Å²) in [6.45, 7) is 4.85. The maximum atomic E-state index is 12.9. The Balaban J connectivity index is 2.92. The fourth-order valence-corrected chi connectivity index (χ4v) is 3.26. The van der Waals surface area contributed by atoms with Crippen molar-refractivity contribution in [3.8, 4) is 0 Å². The van der Waals surface area contributed by atoms with E-state index < -0.39 is 66.3 Å². The number of primary amides is 1. The molecule has 0 saturated heterocycles. The molecule has 194 valence electrons. The first kappa shape index (κ1) is 29.5. The molecule has 35 heavy (non-hydrogen) atoms. The Kier molecular flexibility index (Phi) is 11.8. The molecular weight excluding hydrogens is 458 g/mol. The van der Waals surface area contributed by atoms with Crippen LogP contribution in [0.5, 0.6) is 0 Å². The third-order valence-electron chi connectivity index (χ3n) is 5.06. The Bertz CT molecular complexity index is 892. The zero-order chi connectivity index (χ0) is 26.7. The fraction of sp³-hybridized carbons (Fsp3) is 0.522. The number of rotatable bonds is 14. The average Bonchev–Trinajstić information content (AvgIpc) is 2.75. The number of carboxylic acid groups (broad SMARTS) is 1. The average molecular weight is 494 g/mol. The first-order valence-electron chi connectivity index (χ1n) is 11.2. The van der Waals surface area contributed by atoms with E-state index in [9.17, 15) is 34.2 Å². The van der Waals surface area contributed by atoms with Gasteiger partial charge in [0, 0.05) is 0 Å². The van der Waals surface area contributed by atoms with Crippen LogP contribution in [0.25, 0.3) is 0 Å². The monoisotopic (exact) mass is 493 g/mol. The molecule has 1 aromatic carbocycles. The standard InChI is InChI=1S/C23H35N5O7/c1-12(2)9-16(21(32)27-17(23(34)35)11-18(25)30)26-22(33)19(13(3)29)28-20(31)15(24)10-14-7-5-4-6-8-14/h4-8,12-13,15-17,19,29H,9-11,24H2,1-3H3,(H2,25,30)(H,26,33)(H,27,32)(H,28,31)(H,34,35). The first-order chi connectivity index (χ1) is 16.3. The van der Waals surface area contributed by atoms with E-state index in [0.717, 1.165) is 5.56 Å². The number of aliphatic hydroxyl groups is 1. The Hall–Kier alpha value is -3.51. The number of aliphatic carboxylic acids is 1. The Morgan fingerprint density at radius 3 is 1.94 bits per heavy atom. The van der Waals surface area contributed by atoms with Gasteiger partial charge in [-0.25, -0.2) is 4.79 Å². The second-order valence-corrected chi connectivity index (χ2v) is 8.78. The van der Waals surface area contributed by atoms with Crippen molar-refractivity contribution in [2.75, 3.05) is 0 Å². The summed E-state index contributed by atoms with van der Waals surface area (Å²) in [7, 11) is 0. The van der Waals surface area contributed by atoms with Gasteiger partial charge in [0.15, 0.2) is 0 Å². The summed E-state index contributed by atoms with van der Waals surface area (Å²) in [6, 6.07) is 3.81. The Morgan fingerprint density at radius 2 is 1.46 bits per heavy atom. The van der Waals surface area contributed by atoms with Crippen molar-refractivity contribution in [2.45, 2.75) is 70.3 Å². The number of carboxylic acids is 1. The molecule has 5 atom stereocenters. The van der Waals surface area contributed by atoms with Gasteiger partial charge in [-0.3, -0.25) is 19.2 Å². The summed E-state index contributed by atoms with van der Waals surface area (Å²) >= 11 is 0. The van der Waals surface area contributed by atoms with Gasteiger partial charge in [0.25, 0.3) is 0 Å². The minimum Gasteiger partial charge on any atom is -0.480 e. The van der Waals surface area contributed by atoms with Crippen LogP contribution in [0.15, 0.2) is 30.3 Å². The Morgan fingerprint density at radius 1 is 0.886 bits per heavy atom. The minimum absolute atomic E-state index is 0.0932. The summed E-state index contributed by atoms with van der Waals surface area (Å²) in [5, 5.41) is 26.4. The highest BCUT2D eigenvalue weighted by molar-refractivity contribution is 5.95. The van der Waals surface area contributed by atoms with Gasteiger partial charge in [0.2, 0.25) is 23.6 Å². The van der Waals surface area contributed by atoms with Gasteiger partial charge in [0.05, 0.1) is 18.6 Å². The van der Waals surface area contributed by atoms with Gasteiger partial charge in [-0.1, -0.05) is 44.2 Å². The third kappa shape index (κ3) is 10.5. The summed E-state index contributed by atoms with van der Waals surface area (Å²) in [6.07, 6.45) is -1.63. The van der Waals surface area contributed by atoms with E-state index in [2.05, 4.69) is 16.0 Å². The fourth-order valence-electron chi connectivity index (χ4n) is 3.26. The van der Waals surface area contributed by atoms with E-state index >= 15 is 0 Å². The van der Waals surface area contributed by atoms with Gasteiger partial charge in [-0.05, 0) is 31.2 Å². The second-order valence-electron chi connectivity index (χ2n) is 8.78. The molecule has 0 aliphatic rings. The number of hydrogen-bond donors (Lipinski definition) is 7. The lowest BCUT2D eigenvalue weighted by Crippen LogP contribution is -2.60. The molecule has 0 fully saturated rings. The smallest absolute Gasteiger partial charge is 0.326 e. The number of amides is 4. The number of nitrogens with one attached hydrogen (secondary N) is 3. The lowest BCUT2D eigenvalue weighted by atomic mass is 10.0. The van der Waals surface area contributed by atoms with E-state index in [0.29, 0.717) is 0 Å². The van der Waals surface area contributed by atoms with Gasteiger partial charge in [-0.2, -0.15) is 0 Å². The number of aliphatic hydroxyl groups excluding tert-OH is 1. The minimum atomic E-state index is -1.57. The molecule has 0 spiro atoms. The summed E-state index contributed by atoms with van der Waals surface area (Å²) < 4.78 is 0. The highest BCUT2D eigenvalue weighted by atomic mass is 16.4. The lowest BCUT2D eigenvalue weighted by Gasteiger charge is -2.27. The van der Waals surface area contributed by atoms with Crippen molar-refractivity contribution in [1.82, 2.24) is 16.0 Å². The topological polar surface area (TPSA) is 214 Å². The molecule has 0 aliphatic carbocycles. The Labute approximate surface area is 203 Å². The van der Waals surface area contributed by atoms with Crippen LogP contribution in [-0.4, -0.2) is 70.1 Å². The molecule has 0 aromatic heterocycles. The van der Waals surface area contributed by atoms with Crippen LogP contribution >= 0.6 is 0 Å². The molecule has 9 N–H and O–H groups in total. The van der Waals surface area contributed by atoms with E-state index in [1.807, 2.05) is 6.07 Å². The van der Waals surface area contributed by atoms with Crippen LogP contribution < -0.4 is 27.4 Å². The largest absolute Gasteiger partial charge is 0.480 e. The van der Waals surface area contributed by atoms with Crippen LogP contribution in [0.1, 0.15) is 39.2 Å². The van der Waals surface area contributed by atoms with Crippen LogP contribution in [0.3, 0.4) is 0 Å². The van der Waals surface area contributed by atoms with Crippen LogP contribution in [0.4, 0.5) is 0 Å². The summed E-state index contributed by atoms with van der Waals surface area (Å²) in [5.74, 6) is -4.87. The SMILES string of the molecule is CC(C)CC(NC(=O)C(NC(=O)C(N)Cc1ccccc1)C(C)O)C(=O)NC(CC(N)=O)C(=O)O. The van der Waals surface area contributed by atoms with Crippen LogP contribution in [0, 0.1) is 5.92 Å². The molecule has 1 rings (SSSR count). The maximum absolute atomic E-state index is 12.9. The molecule has 0 aliphatic heterocycles. The molecule has 1 aromatic rings. The number of benzene rings is 1. The molecule has 0 radical (unpaired) electrons. The predicted molar refractivity (Wildman–Crippen MR) is 126 cm³/mol. The van der Waals surface area contributed by atoms with Crippen LogP contribution in [-0.2, 0) is 30.4 Å². The number of hydrogen-bond acceptors (Lipinski definition) is 7. The molecule has 0 heterocycles.